The number of hydrogen-bond donors (Lipinski definition) is 1. The van der Waals surface area contributed by atoms with E-state index < -0.39 is 0 Å². The Bertz CT molecular complexity index is 321. The highest BCUT2D eigenvalue weighted by Gasteiger charge is 2.61. The van der Waals surface area contributed by atoms with Crippen molar-refractivity contribution in [1.82, 2.24) is 10.2 Å². The maximum absolute atomic E-state index is 12.5. The van der Waals surface area contributed by atoms with E-state index in [1.165, 1.54) is 38.5 Å². The van der Waals surface area contributed by atoms with Crippen LogP contribution >= 0.6 is 0 Å². The van der Waals surface area contributed by atoms with Gasteiger partial charge in [0, 0.05) is 31.1 Å². The molecular formula is C13H20N2O. The van der Waals surface area contributed by atoms with Gasteiger partial charge in [0.1, 0.15) is 0 Å². The van der Waals surface area contributed by atoms with E-state index in [1.54, 1.807) is 0 Å². The maximum Gasteiger partial charge on any atom is 0.226 e. The molecule has 0 aromatic carbocycles. The summed E-state index contributed by atoms with van der Waals surface area (Å²) >= 11 is 0. The second-order valence-corrected chi connectivity index (χ2v) is 6.27. The molecule has 2 bridgehead atoms. The predicted octanol–water partition coefficient (Wildman–Crippen LogP) is 1.14. The van der Waals surface area contributed by atoms with Gasteiger partial charge in [-0.3, -0.25) is 4.79 Å². The van der Waals surface area contributed by atoms with Crippen LogP contribution in [0.5, 0.6) is 0 Å². The van der Waals surface area contributed by atoms with E-state index in [1.807, 2.05) is 0 Å². The molecule has 3 unspecified atom stereocenters. The van der Waals surface area contributed by atoms with Gasteiger partial charge in [-0.2, -0.15) is 0 Å². The van der Waals surface area contributed by atoms with Crippen molar-refractivity contribution >= 4 is 5.91 Å². The first-order valence-corrected chi connectivity index (χ1v) is 6.83. The first-order chi connectivity index (χ1) is 7.80. The summed E-state index contributed by atoms with van der Waals surface area (Å²) in [5, 5.41) is 3.40. The van der Waals surface area contributed by atoms with Gasteiger partial charge in [0.05, 0.1) is 0 Å². The number of carbonyl (C=O) groups excluding carboxylic acids is 1. The van der Waals surface area contributed by atoms with Crippen molar-refractivity contribution in [3.8, 4) is 0 Å². The van der Waals surface area contributed by atoms with Crippen molar-refractivity contribution in [2.45, 2.75) is 50.6 Å². The van der Waals surface area contributed by atoms with Crippen LogP contribution in [0.15, 0.2) is 0 Å². The molecule has 1 N–H and O–H groups in total. The summed E-state index contributed by atoms with van der Waals surface area (Å²) in [5.41, 5.74) is 0.481. The number of fused-ring (bicyclic) bond motifs is 2. The Labute approximate surface area is 96.6 Å². The van der Waals surface area contributed by atoms with Gasteiger partial charge in [0.2, 0.25) is 5.91 Å². The lowest BCUT2D eigenvalue weighted by molar-refractivity contribution is -0.149. The Morgan fingerprint density at radius 1 is 1.19 bits per heavy atom. The fourth-order valence-corrected chi connectivity index (χ4v) is 4.35. The Balaban J connectivity index is 1.47. The number of rotatable bonds is 1. The summed E-state index contributed by atoms with van der Waals surface area (Å²) in [6.07, 6.45) is 7.82. The van der Waals surface area contributed by atoms with E-state index in [0.29, 0.717) is 29.3 Å². The number of nitrogens with one attached hydrogen (secondary N) is 1. The highest BCUT2D eigenvalue weighted by molar-refractivity contribution is 5.84. The van der Waals surface area contributed by atoms with Gasteiger partial charge < -0.3 is 10.2 Å². The van der Waals surface area contributed by atoms with Gasteiger partial charge in [0.25, 0.3) is 0 Å². The molecule has 16 heavy (non-hydrogen) atoms. The van der Waals surface area contributed by atoms with Crippen molar-refractivity contribution in [1.29, 1.82) is 0 Å². The Kier molecular flexibility index (Phi) is 1.78. The molecule has 2 heterocycles. The molecule has 0 radical (unpaired) electrons. The maximum atomic E-state index is 12.5. The number of carbonyl (C=O) groups is 1. The van der Waals surface area contributed by atoms with Crippen LogP contribution in [0.25, 0.3) is 0 Å². The van der Waals surface area contributed by atoms with Crippen molar-refractivity contribution in [2.24, 2.45) is 11.3 Å². The molecule has 1 spiro atoms. The van der Waals surface area contributed by atoms with E-state index in [2.05, 4.69) is 10.2 Å². The van der Waals surface area contributed by atoms with Crippen LogP contribution in [0, 0.1) is 11.3 Å². The number of amides is 1. The molecule has 3 heteroatoms. The molecule has 1 amide bonds. The molecular weight excluding hydrogens is 200 g/mol. The minimum absolute atomic E-state index is 0.415. The van der Waals surface area contributed by atoms with Gasteiger partial charge >= 0.3 is 0 Å². The van der Waals surface area contributed by atoms with Gasteiger partial charge in [-0.15, -0.1) is 0 Å². The SMILES string of the molecule is O=C(C1CC12CCCC2)N1C2CNCC1C2. The molecule has 2 aliphatic heterocycles. The third kappa shape index (κ3) is 1.10. The fourth-order valence-electron chi connectivity index (χ4n) is 4.35. The third-order valence-electron chi connectivity index (χ3n) is 5.43. The van der Waals surface area contributed by atoms with E-state index in [0.717, 1.165) is 13.1 Å². The summed E-state index contributed by atoms with van der Waals surface area (Å²) in [7, 11) is 0. The zero-order valence-corrected chi connectivity index (χ0v) is 9.74. The zero-order chi connectivity index (χ0) is 10.8. The number of piperidine rings is 1. The number of hydrogen-bond acceptors (Lipinski definition) is 2. The van der Waals surface area contributed by atoms with E-state index in [4.69, 9.17) is 0 Å². The minimum atomic E-state index is 0.415. The third-order valence-corrected chi connectivity index (χ3v) is 5.43. The first kappa shape index (κ1) is 9.46. The van der Waals surface area contributed by atoms with Crippen LogP contribution in [-0.2, 0) is 4.79 Å². The highest BCUT2D eigenvalue weighted by atomic mass is 16.2. The topological polar surface area (TPSA) is 32.3 Å². The lowest BCUT2D eigenvalue weighted by Gasteiger charge is -2.53. The van der Waals surface area contributed by atoms with Gasteiger partial charge in [-0.1, -0.05) is 12.8 Å². The van der Waals surface area contributed by atoms with E-state index in [9.17, 15) is 4.79 Å². The van der Waals surface area contributed by atoms with Crippen molar-refractivity contribution < 1.29 is 4.79 Å². The Morgan fingerprint density at radius 3 is 2.50 bits per heavy atom. The standard InChI is InChI=1S/C13H20N2O/c16-12(11-6-13(11)3-1-2-4-13)15-9-5-10(15)8-14-7-9/h9-11,14H,1-8H2. The van der Waals surface area contributed by atoms with E-state index >= 15 is 0 Å². The lowest BCUT2D eigenvalue weighted by Crippen LogP contribution is -2.69. The summed E-state index contributed by atoms with van der Waals surface area (Å²) in [5.74, 6) is 0.919. The molecule has 2 saturated heterocycles. The minimum Gasteiger partial charge on any atom is -0.334 e. The van der Waals surface area contributed by atoms with Crippen molar-refractivity contribution in [3.05, 3.63) is 0 Å². The van der Waals surface area contributed by atoms with Crippen LogP contribution in [0.3, 0.4) is 0 Å². The smallest absolute Gasteiger partial charge is 0.226 e. The van der Waals surface area contributed by atoms with Crippen LogP contribution in [0.2, 0.25) is 0 Å². The molecule has 4 aliphatic rings. The lowest BCUT2D eigenvalue weighted by atomic mass is 9.87. The summed E-state index contributed by atoms with van der Waals surface area (Å²) in [6.45, 7) is 2.06. The molecule has 4 rings (SSSR count). The van der Waals surface area contributed by atoms with E-state index in [-0.39, 0.29) is 0 Å². The number of piperazine rings is 1. The average molecular weight is 220 g/mol. The zero-order valence-electron chi connectivity index (χ0n) is 9.74. The molecule has 4 fully saturated rings. The molecule has 0 aromatic heterocycles. The predicted molar refractivity (Wildman–Crippen MR) is 60.9 cm³/mol. The number of nitrogens with zero attached hydrogens (tertiary/aromatic N) is 1. The summed E-state index contributed by atoms with van der Waals surface area (Å²) in [4.78, 5) is 14.7. The van der Waals surface area contributed by atoms with Crippen molar-refractivity contribution in [3.63, 3.8) is 0 Å². The molecule has 3 nitrogen and oxygen atoms in total. The van der Waals surface area contributed by atoms with Gasteiger partial charge in [0.15, 0.2) is 0 Å². The van der Waals surface area contributed by atoms with Crippen molar-refractivity contribution in [2.75, 3.05) is 13.1 Å². The summed E-state index contributed by atoms with van der Waals surface area (Å²) < 4.78 is 0. The molecule has 2 saturated carbocycles. The first-order valence-electron chi connectivity index (χ1n) is 6.83. The van der Waals surface area contributed by atoms with Crippen LogP contribution < -0.4 is 5.32 Å². The van der Waals surface area contributed by atoms with Gasteiger partial charge in [-0.25, -0.2) is 0 Å². The second-order valence-electron chi connectivity index (χ2n) is 6.27. The Morgan fingerprint density at radius 2 is 1.88 bits per heavy atom. The normalized spacial score (nSPS) is 43.2. The molecule has 2 aliphatic carbocycles. The monoisotopic (exact) mass is 220 g/mol. The largest absolute Gasteiger partial charge is 0.334 e. The van der Waals surface area contributed by atoms with Crippen LogP contribution in [0.4, 0.5) is 0 Å². The molecule has 88 valence electrons. The van der Waals surface area contributed by atoms with Crippen LogP contribution in [-0.4, -0.2) is 36.0 Å². The fraction of sp³-hybridized carbons (Fsp3) is 0.923. The van der Waals surface area contributed by atoms with Crippen LogP contribution in [0.1, 0.15) is 38.5 Å². The quantitative estimate of drug-likeness (QED) is 0.718. The van der Waals surface area contributed by atoms with Gasteiger partial charge in [-0.05, 0) is 31.1 Å². The molecule has 3 atom stereocenters. The average Bonchev–Trinajstić information content (AvgIpc) is 2.78. The Hall–Kier alpha value is -0.570. The second kappa shape index (κ2) is 3.00. The highest BCUT2D eigenvalue weighted by Crippen LogP contribution is 2.63. The summed E-state index contributed by atoms with van der Waals surface area (Å²) in [6, 6.07) is 1.07. The molecule has 0 aromatic rings.